The van der Waals surface area contributed by atoms with Gasteiger partial charge in [0.2, 0.25) is 0 Å². The Balaban J connectivity index is 2.45. The lowest BCUT2D eigenvalue weighted by molar-refractivity contribution is -0.141. The monoisotopic (exact) mass is 199 g/mol. The highest BCUT2D eigenvalue weighted by Crippen LogP contribution is 2.20. The molecule has 2 unspecified atom stereocenters. The molecule has 0 heterocycles. The van der Waals surface area contributed by atoms with E-state index in [0.717, 1.165) is 19.3 Å². The van der Waals surface area contributed by atoms with E-state index in [-0.39, 0.29) is 12.0 Å². The summed E-state index contributed by atoms with van der Waals surface area (Å²) in [6.07, 6.45) is 5.67. The Hall–Kier alpha value is -0.570. The SMILES string of the molecule is CCC(C)C(NC1CCCC1)C(=O)O. The second kappa shape index (κ2) is 5.35. The van der Waals surface area contributed by atoms with E-state index in [0.29, 0.717) is 6.04 Å². The summed E-state index contributed by atoms with van der Waals surface area (Å²) >= 11 is 0. The number of nitrogens with one attached hydrogen (secondary N) is 1. The van der Waals surface area contributed by atoms with Crippen LogP contribution in [-0.2, 0) is 4.79 Å². The van der Waals surface area contributed by atoms with Crippen molar-refractivity contribution in [3.63, 3.8) is 0 Å². The molecule has 0 aromatic heterocycles. The van der Waals surface area contributed by atoms with Crippen LogP contribution in [0.1, 0.15) is 46.0 Å². The van der Waals surface area contributed by atoms with Crippen molar-refractivity contribution in [2.45, 2.75) is 58.0 Å². The van der Waals surface area contributed by atoms with Crippen molar-refractivity contribution >= 4 is 5.97 Å². The Morgan fingerprint density at radius 1 is 1.50 bits per heavy atom. The molecule has 0 amide bonds. The molecule has 14 heavy (non-hydrogen) atoms. The van der Waals surface area contributed by atoms with Crippen LogP contribution in [0.3, 0.4) is 0 Å². The van der Waals surface area contributed by atoms with E-state index in [1.807, 2.05) is 13.8 Å². The van der Waals surface area contributed by atoms with E-state index in [4.69, 9.17) is 5.11 Å². The van der Waals surface area contributed by atoms with Crippen molar-refractivity contribution in [3.05, 3.63) is 0 Å². The van der Waals surface area contributed by atoms with Gasteiger partial charge in [0.1, 0.15) is 6.04 Å². The van der Waals surface area contributed by atoms with Gasteiger partial charge >= 0.3 is 5.97 Å². The molecule has 2 atom stereocenters. The molecule has 0 bridgehead atoms. The number of carboxylic acids is 1. The molecule has 0 radical (unpaired) electrons. The van der Waals surface area contributed by atoms with Crippen molar-refractivity contribution in [2.75, 3.05) is 0 Å². The smallest absolute Gasteiger partial charge is 0.320 e. The fourth-order valence-corrected chi connectivity index (χ4v) is 2.06. The third-order valence-electron chi connectivity index (χ3n) is 3.25. The molecule has 3 nitrogen and oxygen atoms in total. The number of rotatable bonds is 5. The highest BCUT2D eigenvalue weighted by Gasteiger charge is 2.27. The van der Waals surface area contributed by atoms with Crippen LogP contribution in [0, 0.1) is 5.92 Å². The number of carbonyl (C=O) groups is 1. The maximum Gasteiger partial charge on any atom is 0.320 e. The van der Waals surface area contributed by atoms with E-state index in [1.54, 1.807) is 0 Å². The van der Waals surface area contributed by atoms with Crippen LogP contribution in [0.15, 0.2) is 0 Å². The summed E-state index contributed by atoms with van der Waals surface area (Å²) in [5, 5.41) is 12.3. The van der Waals surface area contributed by atoms with Crippen molar-refractivity contribution in [2.24, 2.45) is 5.92 Å². The minimum Gasteiger partial charge on any atom is -0.480 e. The van der Waals surface area contributed by atoms with Crippen LogP contribution in [-0.4, -0.2) is 23.2 Å². The molecule has 1 fully saturated rings. The van der Waals surface area contributed by atoms with E-state index in [9.17, 15) is 4.79 Å². The first kappa shape index (κ1) is 11.5. The second-order valence-corrected chi connectivity index (χ2v) is 4.35. The Morgan fingerprint density at radius 2 is 2.07 bits per heavy atom. The highest BCUT2D eigenvalue weighted by atomic mass is 16.4. The van der Waals surface area contributed by atoms with Gasteiger partial charge in [-0.15, -0.1) is 0 Å². The van der Waals surface area contributed by atoms with Gasteiger partial charge in [0, 0.05) is 6.04 Å². The predicted octanol–water partition coefficient (Wildman–Crippen LogP) is 2.02. The fourth-order valence-electron chi connectivity index (χ4n) is 2.06. The van der Waals surface area contributed by atoms with Gasteiger partial charge < -0.3 is 10.4 Å². The summed E-state index contributed by atoms with van der Waals surface area (Å²) in [6, 6.07) is 0.0770. The number of aliphatic carboxylic acids is 1. The summed E-state index contributed by atoms with van der Waals surface area (Å²) in [7, 11) is 0. The molecule has 0 aliphatic heterocycles. The Labute approximate surface area is 85.9 Å². The average Bonchev–Trinajstić information content (AvgIpc) is 2.65. The first-order valence-corrected chi connectivity index (χ1v) is 5.64. The van der Waals surface area contributed by atoms with E-state index in [1.165, 1.54) is 12.8 Å². The fraction of sp³-hybridized carbons (Fsp3) is 0.909. The zero-order valence-electron chi connectivity index (χ0n) is 9.12. The zero-order chi connectivity index (χ0) is 10.6. The Morgan fingerprint density at radius 3 is 2.50 bits per heavy atom. The molecule has 1 aliphatic rings. The quantitative estimate of drug-likeness (QED) is 0.712. The first-order valence-electron chi connectivity index (χ1n) is 5.64. The molecule has 1 aliphatic carbocycles. The lowest BCUT2D eigenvalue weighted by Crippen LogP contribution is -2.46. The molecule has 2 N–H and O–H groups in total. The van der Waals surface area contributed by atoms with E-state index < -0.39 is 5.97 Å². The minimum atomic E-state index is -0.703. The van der Waals surface area contributed by atoms with Gasteiger partial charge in [-0.25, -0.2) is 0 Å². The molecular weight excluding hydrogens is 178 g/mol. The van der Waals surface area contributed by atoms with Crippen LogP contribution in [0.5, 0.6) is 0 Å². The van der Waals surface area contributed by atoms with Crippen molar-refractivity contribution in [1.29, 1.82) is 0 Å². The standard InChI is InChI=1S/C11H21NO2/c1-3-8(2)10(11(13)14)12-9-6-4-5-7-9/h8-10,12H,3-7H2,1-2H3,(H,13,14). The largest absolute Gasteiger partial charge is 0.480 e. The van der Waals surface area contributed by atoms with Crippen molar-refractivity contribution < 1.29 is 9.90 Å². The second-order valence-electron chi connectivity index (χ2n) is 4.35. The molecular formula is C11H21NO2. The Bertz CT molecular complexity index is 188. The summed E-state index contributed by atoms with van der Waals surface area (Å²) < 4.78 is 0. The normalized spacial score (nSPS) is 22.1. The third-order valence-corrected chi connectivity index (χ3v) is 3.25. The van der Waals surface area contributed by atoms with Gasteiger partial charge in [-0.2, -0.15) is 0 Å². The van der Waals surface area contributed by atoms with Gasteiger partial charge in [-0.05, 0) is 18.8 Å². The molecule has 1 rings (SSSR count). The van der Waals surface area contributed by atoms with Crippen LogP contribution in [0.4, 0.5) is 0 Å². The summed E-state index contributed by atoms with van der Waals surface area (Å²) in [5.74, 6) is -0.487. The molecule has 0 aromatic carbocycles. The molecule has 0 aromatic rings. The number of carboxylic acid groups (broad SMARTS) is 1. The first-order chi connectivity index (χ1) is 6.65. The van der Waals surface area contributed by atoms with Gasteiger partial charge in [0.15, 0.2) is 0 Å². The maximum absolute atomic E-state index is 11.0. The van der Waals surface area contributed by atoms with Crippen LogP contribution in [0.25, 0.3) is 0 Å². The highest BCUT2D eigenvalue weighted by molar-refractivity contribution is 5.73. The van der Waals surface area contributed by atoms with Crippen molar-refractivity contribution in [1.82, 2.24) is 5.32 Å². The lowest BCUT2D eigenvalue weighted by atomic mass is 9.98. The third kappa shape index (κ3) is 2.98. The zero-order valence-corrected chi connectivity index (χ0v) is 9.12. The summed E-state index contributed by atoms with van der Waals surface area (Å²) in [6.45, 7) is 4.04. The van der Waals surface area contributed by atoms with Crippen LogP contribution < -0.4 is 5.32 Å². The van der Waals surface area contributed by atoms with Gasteiger partial charge in [-0.1, -0.05) is 33.1 Å². The predicted molar refractivity (Wildman–Crippen MR) is 56.3 cm³/mol. The Kier molecular flexibility index (Phi) is 4.39. The average molecular weight is 199 g/mol. The lowest BCUT2D eigenvalue weighted by Gasteiger charge is -2.23. The van der Waals surface area contributed by atoms with Crippen LogP contribution in [0.2, 0.25) is 0 Å². The molecule has 1 saturated carbocycles. The van der Waals surface area contributed by atoms with E-state index >= 15 is 0 Å². The molecule has 3 heteroatoms. The molecule has 82 valence electrons. The maximum atomic E-state index is 11.0. The molecule has 0 spiro atoms. The van der Waals surface area contributed by atoms with Crippen molar-refractivity contribution in [3.8, 4) is 0 Å². The summed E-state index contributed by atoms with van der Waals surface area (Å²) in [5.41, 5.74) is 0. The van der Waals surface area contributed by atoms with Gasteiger partial charge in [0.05, 0.1) is 0 Å². The number of hydrogen-bond donors (Lipinski definition) is 2. The minimum absolute atomic E-state index is 0.216. The van der Waals surface area contributed by atoms with Crippen LogP contribution >= 0.6 is 0 Å². The van der Waals surface area contributed by atoms with E-state index in [2.05, 4.69) is 5.32 Å². The number of hydrogen-bond acceptors (Lipinski definition) is 2. The topological polar surface area (TPSA) is 49.3 Å². The van der Waals surface area contributed by atoms with Gasteiger partial charge in [-0.3, -0.25) is 4.79 Å². The summed E-state index contributed by atoms with van der Waals surface area (Å²) in [4.78, 5) is 11.0. The molecule has 0 saturated heterocycles. The van der Waals surface area contributed by atoms with Gasteiger partial charge in [0.25, 0.3) is 0 Å².